The molecule has 0 aliphatic heterocycles. The fraction of sp³-hybridized carbons (Fsp3) is 0.952. The lowest BCUT2D eigenvalue weighted by Crippen LogP contribution is -2.44. The number of aliphatic carboxylic acids is 1. The van der Waals surface area contributed by atoms with Crippen LogP contribution in [0.4, 0.5) is 0 Å². The van der Waals surface area contributed by atoms with Gasteiger partial charge in [0.05, 0.1) is 40.3 Å². The molecular weight excluding hydrogens is 899 g/mol. The Bertz CT molecular complexity index is 1140. The van der Waals surface area contributed by atoms with Gasteiger partial charge in [0.15, 0.2) is 12.4 Å². The van der Waals surface area contributed by atoms with Gasteiger partial charge in [-0.25, -0.2) is 0 Å². The molecule has 72 heavy (non-hydrogen) atoms. The predicted octanol–water partition coefficient (Wildman–Crippen LogP) is 17.4. The molecule has 0 heterocycles. The summed E-state index contributed by atoms with van der Waals surface area (Å²) in [6, 6.07) is 0. The van der Waals surface area contributed by atoms with E-state index in [2.05, 4.69) is 13.8 Å². The van der Waals surface area contributed by atoms with Crippen LogP contribution < -0.4 is 5.11 Å². The first kappa shape index (κ1) is 70.3. The summed E-state index contributed by atoms with van der Waals surface area (Å²) in [5.41, 5.74) is 0. The van der Waals surface area contributed by atoms with E-state index in [1.165, 1.54) is 263 Å². The van der Waals surface area contributed by atoms with Crippen LogP contribution in [0.3, 0.4) is 0 Å². The Balaban J connectivity index is 3.86. The standard InChI is InChI=1S/C63H123NO8/c1-6-8-10-12-14-16-18-19-20-21-22-23-24-25-26-27-28-29-30-31-32-33-34-35-36-37-38-39-40-41-42-43-44-46-48-50-52-54-61(66)72-59(58-71-63(62(67)68)69-56-55-64(3,4)5)57-70-60(65)53-51-49-47-45-17-15-13-11-9-7-2/h59,63H,6-58H2,1-5H3. The summed E-state index contributed by atoms with van der Waals surface area (Å²) in [6.07, 6.45) is 60.7. The summed E-state index contributed by atoms with van der Waals surface area (Å²) in [7, 11) is 5.93. The van der Waals surface area contributed by atoms with E-state index < -0.39 is 24.3 Å². The Kier molecular flexibility index (Phi) is 54.2. The smallest absolute Gasteiger partial charge is 0.306 e. The molecule has 0 saturated carbocycles. The monoisotopic (exact) mass is 1020 g/mol. The quantitative estimate of drug-likeness (QED) is 0.0256. The maximum Gasteiger partial charge on any atom is 0.306 e. The molecule has 0 aromatic carbocycles. The largest absolute Gasteiger partial charge is 0.545 e. The molecular formula is C63H123NO8. The zero-order chi connectivity index (χ0) is 52.7. The topological polar surface area (TPSA) is 111 Å². The van der Waals surface area contributed by atoms with E-state index in [1.807, 2.05) is 21.1 Å². The van der Waals surface area contributed by atoms with Gasteiger partial charge in [-0.15, -0.1) is 0 Å². The molecule has 0 rings (SSSR count). The van der Waals surface area contributed by atoms with Crippen molar-refractivity contribution in [3.05, 3.63) is 0 Å². The zero-order valence-corrected chi connectivity index (χ0v) is 48.8. The number of unbranched alkanes of at least 4 members (excludes halogenated alkanes) is 45. The van der Waals surface area contributed by atoms with Crippen molar-refractivity contribution in [3.63, 3.8) is 0 Å². The second kappa shape index (κ2) is 55.5. The fourth-order valence-electron chi connectivity index (χ4n) is 9.72. The Morgan fingerprint density at radius 3 is 0.889 bits per heavy atom. The van der Waals surface area contributed by atoms with Crippen LogP contribution in [0.2, 0.25) is 0 Å². The third-order valence-electron chi connectivity index (χ3n) is 14.6. The second-order valence-electron chi connectivity index (χ2n) is 23.1. The number of quaternary nitrogens is 1. The van der Waals surface area contributed by atoms with E-state index in [4.69, 9.17) is 18.9 Å². The van der Waals surface area contributed by atoms with Gasteiger partial charge in [0.1, 0.15) is 13.2 Å². The van der Waals surface area contributed by atoms with Gasteiger partial charge in [-0.2, -0.15) is 0 Å². The molecule has 0 spiro atoms. The van der Waals surface area contributed by atoms with Gasteiger partial charge in [-0.3, -0.25) is 9.59 Å². The number of carbonyl (C=O) groups is 3. The van der Waals surface area contributed by atoms with Crippen molar-refractivity contribution in [2.75, 3.05) is 47.5 Å². The highest BCUT2D eigenvalue weighted by atomic mass is 16.7. The van der Waals surface area contributed by atoms with Crippen LogP contribution in [0.1, 0.15) is 328 Å². The van der Waals surface area contributed by atoms with Crippen molar-refractivity contribution in [3.8, 4) is 0 Å². The lowest BCUT2D eigenvalue weighted by atomic mass is 10.0. The molecule has 428 valence electrons. The van der Waals surface area contributed by atoms with E-state index in [0.29, 0.717) is 17.4 Å². The normalized spacial score (nSPS) is 12.6. The molecule has 0 amide bonds. The summed E-state index contributed by atoms with van der Waals surface area (Å²) in [5, 5.41) is 11.7. The lowest BCUT2D eigenvalue weighted by molar-refractivity contribution is -0.870. The Morgan fingerprint density at radius 2 is 0.625 bits per heavy atom. The molecule has 0 bridgehead atoms. The number of esters is 2. The van der Waals surface area contributed by atoms with Crippen LogP contribution in [-0.2, 0) is 33.3 Å². The number of likely N-dealkylation sites (N-methyl/N-ethyl adjacent to an activating group) is 1. The molecule has 9 heteroatoms. The molecule has 0 saturated heterocycles. The van der Waals surface area contributed by atoms with Crippen LogP contribution in [0, 0.1) is 0 Å². The SMILES string of the molecule is CCCCCCCCCCCCCCCCCCCCCCCCCCCCCCCCCCCCCCCC(=O)OC(COC(=O)CCCCCCCCCCCC)COC(OCC[N+](C)(C)C)C(=O)[O-]. The van der Waals surface area contributed by atoms with Crippen LogP contribution >= 0.6 is 0 Å². The number of hydrogen-bond acceptors (Lipinski definition) is 8. The van der Waals surface area contributed by atoms with Crippen LogP contribution in [-0.4, -0.2) is 82.3 Å². The van der Waals surface area contributed by atoms with Gasteiger partial charge in [0.25, 0.3) is 0 Å². The highest BCUT2D eigenvalue weighted by molar-refractivity contribution is 5.70. The number of rotatable bonds is 60. The number of carbonyl (C=O) groups excluding carboxylic acids is 3. The van der Waals surface area contributed by atoms with Crippen molar-refractivity contribution in [2.45, 2.75) is 341 Å². The predicted molar refractivity (Wildman–Crippen MR) is 302 cm³/mol. The second-order valence-corrected chi connectivity index (χ2v) is 23.1. The highest BCUT2D eigenvalue weighted by Crippen LogP contribution is 2.19. The number of carboxylic acid groups (broad SMARTS) is 1. The molecule has 0 aromatic heterocycles. The summed E-state index contributed by atoms with van der Waals surface area (Å²) in [6.45, 7) is 4.79. The maximum absolute atomic E-state index is 12.8. The third kappa shape index (κ3) is 56.0. The summed E-state index contributed by atoms with van der Waals surface area (Å²) < 4.78 is 22.7. The molecule has 0 radical (unpaired) electrons. The number of carboxylic acids is 1. The van der Waals surface area contributed by atoms with Crippen LogP contribution in [0.5, 0.6) is 0 Å². The summed E-state index contributed by atoms with van der Waals surface area (Å²) in [5.74, 6) is -2.26. The highest BCUT2D eigenvalue weighted by Gasteiger charge is 2.22. The van der Waals surface area contributed by atoms with E-state index >= 15 is 0 Å². The molecule has 0 aliphatic carbocycles. The number of nitrogens with zero attached hydrogens (tertiary/aromatic N) is 1. The molecule has 9 nitrogen and oxygen atoms in total. The minimum Gasteiger partial charge on any atom is -0.545 e. The minimum atomic E-state index is -1.61. The van der Waals surface area contributed by atoms with E-state index in [-0.39, 0.29) is 32.2 Å². The van der Waals surface area contributed by atoms with Crippen molar-refractivity contribution >= 4 is 17.9 Å². The average molecular weight is 1020 g/mol. The lowest BCUT2D eigenvalue weighted by Gasteiger charge is -2.26. The average Bonchev–Trinajstić information content (AvgIpc) is 3.35. The van der Waals surface area contributed by atoms with Gasteiger partial charge in [0, 0.05) is 12.8 Å². The van der Waals surface area contributed by atoms with Crippen molar-refractivity contribution in [1.82, 2.24) is 0 Å². The van der Waals surface area contributed by atoms with E-state index in [0.717, 1.165) is 38.5 Å². The number of hydrogen-bond donors (Lipinski definition) is 0. The Hall–Kier alpha value is -1.71. The van der Waals surface area contributed by atoms with Crippen molar-refractivity contribution in [1.29, 1.82) is 0 Å². The summed E-state index contributed by atoms with van der Waals surface area (Å²) >= 11 is 0. The minimum absolute atomic E-state index is 0.153. The Labute approximate surface area is 447 Å². The Morgan fingerprint density at radius 1 is 0.361 bits per heavy atom. The molecule has 2 unspecified atom stereocenters. The van der Waals surface area contributed by atoms with Crippen LogP contribution in [0.25, 0.3) is 0 Å². The first-order chi connectivity index (χ1) is 35.1. The van der Waals surface area contributed by atoms with Gasteiger partial charge in [-0.05, 0) is 12.8 Å². The van der Waals surface area contributed by atoms with Gasteiger partial charge in [-0.1, -0.05) is 303 Å². The first-order valence-electron chi connectivity index (χ1n) is 31.7. The number of ether oxygens (including phenoxy) is 4. The molecule has 0 aromatic rings. The van der Waals surface area contributed by atoms with Gasteiger partial charge >= 0.3 is 11.9 Å². The van der Waals surface area contributed by atoms with Crippen molar-refractivity contribution in [2.24, 2.45) is 0 Å². The van der Waals surface area contributed by atoms with E-state index in [9.17, 15) is 19.5 Å². The molecule has 0 fully saturated rings. The van der Waals surface area contributed by atoms with Gasteiger partial charge < -0.3 is 33.3 Å². The third-order valence-corrected chi connectivity index (χ3v) is 14.6. The van der Waals surface area contributed by atoms with Gasteiger partial charge in [0.2, 0.25) is 0 Å². The fourth-order valence-corrected chi connectivity index (χ4v) is 9.72. The molecule has 2 atom stereocenters. The van der Waals surface area contributed by atoms with E-state index in [1.54, 1.807) is 0 Å². The van der Waals surface area contributed by atoms with Crippen molar-refractivity contribution < 1.29 is 42.9 Å². The summed E-state index contributed by atoms with van der Waals surface area (Å²) in [4.78, 5) is 37.1. The maximum atomic E-state index is 12.8. The zero-order valence-electron chi connectivity index (χ0n) is 48.8. The first-order valence-corrected chi connectivity index (χ1v) is 31.7. The molecule has 0 aliphatic rings. The molecule has 0 N–H and O–H groups in total. The van der Waals surface area contributed by atoms with Crippen LogP contribution in [0.15, 0.2) is 0 Å².